The molecule has 5 unspecified atom stereocenters. The summed E-state index contributed by atoms with van der Waals surface area (Å²) in [6, 6.07) is 0. The lowest BCUT2D eigenvalue weighted by molar-refractivity contribution is -0.161. The van der Waals surface area contributed by atoms with Crippen LogP contribution in [0, 0.1) is 0 Å². The van der Waals surface area contributed by atoms with E-state index in [0.717, 1.165) is 148 Å². The van der Waals surface area contributed by atoms with E-state index in [1.165, 1.54) is 51.4 Å². The molecule has 0 spiro atoms. The summed E-state index contributed by atoms with van der Waals surface area (Å²) < 4.78 is 60.9. The molecule has 562 valence electrons. The van der Waals surface area contributed by atoms with Gasteiger partial charge < -0.3 is 34.2 Å². The van der Waals surface area contributed by atoms with Gasteiger partial charge in [-0.05, 0) is 135 Å². The maximum Gasteiger partial charge on any atom is 0.472 e. The summed E-state index contributed by atoms with van der Waals surface area (Å²) in [7, 11) is -9.82. The van der Waals surface area contributed by atoms with Crippen LogP contribution in [0.1, 0.15) is 265 Å². The topological polar surface area (TPSA) is 231 Å². The number of unbranched alkanes of at least 4 members (excludes halogenated alkanes) is 18. The molecule has 4 N–H and O–H groups in total. The molecule has 5 atom stereocenters. The third kappa shape index (κ3) is 73.9. The Kier molecular flexibility index (Phi) is 69.0. The molecule has 0 aromatic carbocycles. The van der Waals surface area contributed by atoms with Crippen molar-refractivity contribution in [3.05, 3.63) is 170 Å². The number of phosphoric ester groups is 2. The predicted molar refractivity (Wildman–Crippen MR) is 408 cm³/mol. The first-order valence-electron chi connectivity index (χ1n) is 37.4. The maximum absolute atomic E-state index is 12.9. The van der Waals surface area contributed by atoms with E-state index < -0.39 is 91.5 Å². The molecular formula is C81H132O16P2. The van der Waals surface area contributed by atoms with Crippen LogP contribution in [0.4, 0.5) is 0 Å². The average molecular weight is 1420 g/mol. The molecule has 0 amide bonds. The number of hydrogen-bond acceptors (Lipinski definition) is 14. The van der Waals surface area contributed by atoms with Gasteiger partial charge >= 0.3 is 33.6 Å². The summed E-state index contributed by atoms with van der Waals surface area (Å²) in [6.45, 7) is 2.25. The van der Waals surface area contributed by atoms with Crippen molar-refractivity contribution in [1.29, 1.82) is 0 Å². The maximum atomic E-state index is 12.9. The summed E-state index contributed by atoms with van der Waals surface area (Å²) in [5.41, 5.74) is 0. The summed E-state index contributed by atoms with van der Waals surface area (Å²) in [5.74, 6) is -1.70. The monoisotopic (exact) mass is 1420 g/mol. The Bertz CT molecular complexity index is 2480. The quantitative estimate of drug-likeness (QED) is 0.0146. The van der Waals surface area contributed by atoms with Crippen molar-refractivity contribution in [2.45, 2.75) is 283 Å². The van der Waals surface area contributed by atoms with E-state index in [9.17, 15) is 43.5 Å². The van der Waals surface area contributed by atoms with Gasteiger partial charge in [-0.2, -0.15) is 0 Å². The van der Waals surface area contributed by atoms with Gasteiger partial charge in [-0.15, -0.1) is 0 Å². The Hall–Kier alpha value is -5.09. The van der Waals surface area contributed by atoms with Gasteiger partial charge in [0.2, 0.25) is 0 Å². The third-order valence-electron chi connectivity index (χ3n) is 14.9. The molecule has 0 aliphatic heterocycles. The molecule has 0 aromatic rings. The average Bonchev–Trinajstić information content (AvgIpc) is 1.02. The zero-order valence-corrected chi connectivity index (χ0v) is 62.9. The lowest BCUT2D eigenvalue weighted by Gasteiger charge is -2.21. The molecule has 0 fully saturated rings. The zero-order valence-electron chi connectivity index (χ0n) is 61.1. The fraction of sp³-hybridized carbons (Fsp3) is 0.617. The van der Waals surface area contributed by atoms with E-state index in [0.29, 0.717) is 25.7 Å². The van der Waals surface area contributed by atoms with Crippen molar-refractivity contribution in [2.75, 3.05) is 39.6 Å². The number of hydrogen-bond donors (Lipinski definition) is 4. The van der Waals surface area contributed by atoms with Gasteiger partial charge in [0.15, 0.2) is 6.10 Å². The lowest BCUT2D eigenvalue weighted by atomic mass is 10.0. The number of carbonyl (C=O) groups is 3. The number of allylic oxidation sites excluding steroid dienone is 28. The van der Waals surface area contributed by atoms with Gasteiger partial charge in [-0.25, -0.2) is 9.13 Å². The first-order valence-corrected chi connectivity index (χ1v) is 40.4. The summed E-state index contributed by atoms with van der Waals surface area (Å²) in [6.07, 6.45) is 91.5. The fourth-order valence-corrected chi connectivity index (χ4v) is 10.9. The summed E-state index contributed by atoms with van der Waals surface area (Å²) >= 11 is 0. The highest BCUT2D eigenvalue weighted by atomic mass is 31.2. The normalized spacial score (nSPS) is 15.0. The van der Waals surface area contributed by atoms with Crippen molar-refractivity contribution < 1.29 is 75.8 Å². The van der Waals surface area contributed by atoms with Gasteiger partial charge in [0.25, 0.3) is 0 Å². The molecule has 0 heterocycles. The predicted octanol–water partition coefficient (Wildman–Crippen LogP) is 21.6. The minimum atomic E-state index is -4.95. The molecule has 99 heavy (non-hydrogen) atoms. The smallest absolute Gasteiger partial charge is 0.463 e. The third-order valence-corrected chi connectivity index (χ3v) is 16.8. The number of aliphatic hydroxyl groups excluding tert-OH is 2. The second-order valence-corrected chi connectivity index (χ2v) is 27.2. The minimum absolute atomic E-state index is 0.0370. The molecule has 16 nitrogen and oxygen atoms in total. The van der Waals surface area contributed by atoms with E-state index >= 15 is 0 Å². The number of ether oxygens (including phenoxy) is 3. The summed E-state index contributed by atoms with van der Waals surface area (Å²) in [4.78, 5) is 58.4. The molecule has 0 aliphatic rings. The highest BCUT2D eigenvalue weighted by molar-refractivity contribution is 7.47. The second-order valence-electron chi connectivity index (χ2n) is 24.3. The molecule has 0 aliphatic carbocycles. The molecule has 0 saturated carbocycles. The van der Waals surface area contributed by atoms with Crippen molar-refractivity contribution >= 4 is 33.6 Å². The highest BCUT2D eigenvalue weighted by Crippen LogP contribution is 2.45. The fourth-order valence-electron chi connectivity index (χ4n) is 9.28. The molecule has 0 aromatic heterocycles. The van der Waals surface area contributed by atoms with Gasteiger partial charge in [-0.1, -0.05) is 281 Å². The van der Waals surface area contributed by atoms with Crippen molar-refractivity contribution in [2.24, 2.45) is 0 Å². The molecule has 0 radical (unpaired) electrons. The van der Waals surface area contributed by atoms with E-state index in [1.807, 2.05) is 18.2 Å². The van der Waals surface area contributed by atoms with Crippen LogP contribution in [0.3, 0.4) is 0 Å². The minimum Gasteiger partial charge on any atom is -0.463 e. The van der Waals surface area contributed by atoms with Crippen LogP contribution < -0.4 is 0 Å². The number of esters is 3. The van der Waals surface area contributed by atoms with Crippen molar-refractivity contribution in [3.63, 3.8) is 0 Å². The number of phosphoric acid groups is 2. The Morgan fingerprint density at radius 1 is 0.293 bits per heavy atom. The summed E-state index contributed by atoms with van der Waals surface area (Å²) in [5, 5.41) is 20.6. The standard InChI is InChI=1S/C81H132O16P2/c1-4-7-10-13-16-19-22-25-27-29-31-32-33-34-35-36-37-38-39-40-41-42-44-46-47-50-52-55-58-61-64-67-79(84)91-70-76(82)71-93-98(87,88)94-72-77(83)73-95-99(89,90)96-75-78(97-81(86)69-66-63-60-57-54-49-24-21-18-15-12-9-6-3)74-92-80(85)68-65-62-59-56-53-51-48-45-43-30-28-26-23-20-17-14-11-8-5-2/h7-8,10-12,15-17,19-21,24-28,31-32,34-35,37-38,43,45,51,53,59,62,76-78,82-83H,4-6,9,13-14,18,22-23,29-30,33,36,39-42,44,46-50,52,54-58,60-61,63-75H2,1-3H3,(H,87,88)(H,89,90)/b10-7-,11-8-,15-12-,19-16-,20-17-,24-21-,27-25-,28-26-,32-31-,35-34-,38-37-,45-43-,53-51-,62-59-. The van der Waals surface area contributed by atoms with Gasteiger partial charge in [0.1, 0.15) is 25.4 Å². The highest BCUT2D eigenvalue weighted by Gasteiger charge is 2.29. The SMILES string of the molecule is CC/C=C\C/C=C\C/C=C\C/C=C\C/C=C\C/C=C\CCCCCCCCCCCCCCC(=O)OCC(O)COP(=O)(O)OCC(O)COP(=O)(O)OCC(COC(=O)CC/C=C\C/C=C\C/C=C\C/C=C\C/C=C\C/C=C\CC)OC(=O)CCCCCCC/C=C\C/C=C\CCC. The van der Waals surface area contributed by atoms with Gasteiger partial charge in [-0.3, -0.25) is 32.5 Å². The molecule has 0 bridgehead atoms. The Morgan fingerprint density at radius 2 is 0.556 bits per heavy atom. The molecule has 0 saturated heterocycles. The van der Waals surface area contributed by atoms with Gasteiger partial charge in [0, 0.05) is 19.3 Å². The number of aliphatic hydroxyl groups is 2. The van der Waals surface area contributed by atoms with E-state index in [1.54, 1.807) is 0 Å². The Labute approximate surface area is 599 Å². The van der Waals surface area contributed by atoms with Crippen LogP contribution in [0.5, 0.6) is 0 Å². The zero-order chi connectivity index (χ0) is 72.3. The lowest BCUT2D eigenvalue weighted by Crippen LogP contribution is -2.30. The van der Waals surface area contributed by atoms with Crippen LogP contribution in [0.15, 0.2) is 170 Å². The van der Waals surface area contributed by atoms with Crippen molar-refractivity contribution in [3.8, 4) is 0 Å². The van der Waals surface area contributed by atoms with Gasteiger partial charge in [0.05, 0.1) is 26.4 Å². The Balaban J connectivity index is 4.53. The van der Waals surface area contributed by atoms with Crippen LogP contribution in [-0.4, -0.2) is 95.9 Å². The first kappa shape index (κ1) is 93.9. The number of rotatable bonds is 69. The van der Waals surface area contributed by atoms with Crippen molar-refractivity contribution in [1.82, 2.24) is 0 Å². The van der Waals surface area contributed by atoms with Crippen LogP contribution >= 0.6 is 15.6 Å². The molecular weight excluding hydrogens is 1290 g/mol. The van der Waals surface area contributed by atoms with Crippen LogP contribution in [-0.2, 0) is 55.8 Å². The van der Waals surface area contributed by atoms with Crippen LogP contribution in [0.2, 0.25) is 0 Å². The first-order chi connectivity index (χ1) is 48.2. The van der Waals surface area contributed by atoms with E-state index in [4.69, 9.17) is 32.3 Å². The molecule has 0 rings (SSSR count). The largest absolute Gasteiger partial charge is 0.472 e. The van der Waals surface area contributed by atoms with E-state index in [-0.39, 0.29) is 19.3 Å². The van der Waals surface area contributed by atoms with E-state index in [2.05, 4.69) is 173 Å². The Morgan fingerprint density at radius 3 is 0.909 bits per heavy atom. The van der Waals surface area contributed by atoms with Crippen LogP contribution in [0.25, 0.3) is 0 Å². The molecule has 18 heteroatoms. The number of carbonyl (C=O) groups excluding carboxylic acids is 3. The second kappa shape index (κ2) is 72.7.